The van der Waals surface area contributed by atoms with Gasteiger partial charge in [-0.15, -0.1) is 0 Å². The maximum Gasteiger partial charge on any atom is -0.00199 e. The van der Waals surface area contributed by atoms with Gasteiger partial charge in [-0.2, -0.15) is 0 Å². The molecule has 0 aliphatic carbocycles. The zero-order valence-corrected chi connectivity index (χ0v) is 26.5. The zero-order chi connectivity index (χ0) is 31.9. The molecular formula is C48H32. The van der Waals surface area contributed by atoms with Crippen LogP contribution in [0, 0.1) is 0 Å². The molecule has 0 N–H and O–H groups in total. The topological polar surface area (TPSA) is 0 Å². The van der Waals surface area contributed by atoms with Crippen molar-refractivity contribution in [1.82, 2.24) is 0 Å². The summed E-state index contributed by atoms with van der Waals surface area (Å²) in [7, 11) is 0. The molecule has 0 fully saturated rings. The Kier molecular flexibility index (Phi) is 6.91. The minimum Gasteiger partial charge on any atom is -0.0622 e. The lowest BCUT2D eigenvalue weighted by atomic mass is 9.82. The third-order valence-electron chi connectivity index (χ3n) is 9.65. The van der Waals surface area contributed by atoms with Crippen molar-refractivity contribution in [2.45, 2.75) is 0 Å². The van der Waals surface area contributed by atoms with Gasteiger partial charge in [-0.1, -0.05) is 176 Å². The molecule has 9 rings (SSSR count). The lowest BCUT2D eigenvalue weighted by molar-refractivity contribution is 1.57. The van der Waals surface area contributed by atoms with Crippen LogP contribution in [-0.4, -0.2) is 0 Å². The Balaban J connectivity index is 1.36. The fourth-order valence-electron chi connectivity index (χ4n) is 7.38. The molecule has 0 saturated carbocycles. The van der Waals surface area contributed by atoms with Crippen LogP contribution in [0.3, 0.4) is 0 Å². The van der Waals surface area contributed by atoms with E-state index in [2.05, 4.69) is 194 Å². The second-order valence-electron chi connectivity index (χ2n) is 12.5. The summed E-state index contributed by atoms with van der Waals surface area (Å²) in [4.78, 5) is 0. The van der Waals surface area contributed by atoms with E-state index in [1.807, 2.05) is 0 Å². The molecule has 0 aromatic heterocycles. The number of hydrogen-bond acceptors (Lipinski definition) is 0. The van der Waals surface area contributed by atoms with Gasteiger partial charge in [-0.3, -0.25) is 0 Å². The quantitative estimate of drug-likeness (QED) is 0.171. The van der Waals surface area contributed by atoms with Crippen molar-refractivity contribution in [3.05, 3.63) is 194 Å². The van der Waals surface area contributed by atoms with Crippen LogP contribution in [0.25, 0.3) is 88.0 Å². The van der Waals surface area contributed by atoms with E-state index in [0.29, 0.717) is 0 Å². The third-order valence-corrected chi connectivity index (χ3v) is 9.65. The van der Waals surface area contributed by atoms with E-state index in [1.165, 1.54) is 88.0 Å². The summed E-state index contributed by atoms with van der Waals surface area (Å²) in [6.45, 7) is 0. The molecule has 0 radical (unpaired) electrons. The Hall–Kier alpha value is -6.24. The van der Waals surface area contributed by atoms with E-state index in [-0.39, 0.29) is 0 Å². The lowest BCUT2D eigenvalue weighted by Crippen LogP contribution is -1.94. The fraction of sp³-hybridized carbons (Fsp3) is 0. The highest BCUT2D eigenvalue weighted by Gasteiger charge is 2.20. The van der Waals surface area contributed by atoms with Gasteiger partial charge < -0.3 is 0 Å². The molecule has 0 aliphatic rings. The van der Waals surface area contributed by atoms with E-state index >= 15 is 0 Å². The van der Waals surface area contributed by atoms with Gasteiger partial charge in [0, 0.05) is 0 Å². The molecule has 0 heteroatoms. The van der Waals surface area contributed by atoms with E-state index in [0.717, 1.165) is 0 Å². The number of rotatable bonds is 5. The van der Waals surface area contributed by atoms with E-state index in [9.17, 15) is 0 Å². The Morgan fingerprint density at radius 1 is 0.208 bits per heavy atom. The van der Waals surface area contributed by atoms with Crippen LogP contribution in [0.4, 0.5) is 0 Å². The maximum atomic E-state index is 2.42. The van der Waals surface area contributed by atoms with Crippen molar-refractivity contribution in [3.63, 3.8) is 0 Å². The van der Waals surface area contributed by atoms with Gasteiger partial charge in [0.05, 0.1) is 0 Å². The Morgan fingerprint density at radius 2 is 0.688 bits per heavy atom. The predicted octanol–water partition coefficient (Wildman–Crippen LogP) is 13.5. The molecule has 0 unspecified atom stereocenters. The van der Waals surface area contributed by atoms with Crippen molar-refractivity contribution in [1.29, 1.82) is 0 Å². The first kappa shape index (κ1) is 28.0. The highest BCUT2D eigenvalue weighted by molar-refractivity contribution is 6.22. The molecule has 0 aliphatic heterocycles. The van der Waals surface area contributed by atoms with E-state index in [1.54, 1.807) is 0 Å². The van der Waals surface area contributed by atoms with Crippen LogP contribution in [0.5, 0.6) is 0 Å². The SMILES string of the molecule is c1ccc(-c2cccc(-c3ccc(-c4ccc5ccccc5c4)c(-c4c5ccccc5c(-c5ccccc5)c5ccccc45)c3)c2)cc1. The summed E-state index contributed by atoms with van der Waals surface area (Å²) in [5.74, 6) is 0. The Labute approximate surface area is 281 Å². The summed E-state index contributed by atoms with van der Waals surface area (Å²) in [6.07, 6.45) is 0. The van der Waals surface area contributed by atoms with E-state index < -0.39 is 0 Å². The normalized spacial score (nSPS) is 11.3. The molecule has 9 aromatic rings. The Morgan fingerprint density at radius 3 is 1.35 bits per heavy atom. The second-order valence-corrected chi connectivity index (χ2v) is 12.5. The minimum absolute atomic E-state index is 1.20. The third kappa shape index (κ3) is 4.87. The number of hydrogen-bond donors (Lipinski definition) is 0. The average molecular weight is 609 g/mol. The largest absolute Gasteiger partial charge is 0.0622 e. The van der Waals surface area contributed by atoms with Gasteiger partial charge in [0.25, 0.3) is 0 Å². The van der Waals surface area contributed by atoms with Crippen LogP contribution in [0.15, 0.2) is 194 Å². The van der Waals surface area contributed by atoms with Crippen molar-refractivity contribution < 1.29 is 0 Å². The summed E-state index contributed by atoms with van der Waals surface area (Å²) in [6, 6.07) is 70.8. The van der Waals surface area contributed by atoms with Crippen LogP contribution < -0.4 is 0 Å². The second kappa shape index (κ2) is 11.8. The first-order valence-electron chi connectivity index (χ1n) is 16.6. The van der Waals surface area contributed by atoms with Crippen molar-refractivity contribution in [3.8, 4) is 55.6 Å². The number of fused-ring (bicyclic) bond motifs is 3. The van der Waals surface area contributed by atoms with Crippen LogP contribution in [-0.2, 0) is 0 Å². The Bertz CT molecular complexity index is 2540. The molecule has 0 saturated heterocycles. The first-order valence-corrected chi connectivity index (χ1v) is 16.6. The van der Waals surface area contributed by atoms with Gasteiger partial charge in [0.1, 0.15) is 0 Å². The smallest absolute Gasteiger partial charge is 0.00199 e. The summed E-state index contributed by atoms with van der Waals surface area (Å²) >= 11 is 0. The van der Waals surface area contributed by atoms with E-state index in [4.69, 9.17) is 0 Å². The number of benzene rings is 9. The van der Waals surface area contributed by atoms with Crippen molar-refractivity contribution in [2.75, 3.05) is 0 Å². The molecule has 0 amide bonds. The summed E-state index contributed by atoms with van der Waals surface area (Å²) in [5, 5.41) is 7.53. The van der Waals surface area contributed by atoms with Gasteiger partial charge in [0.15, 0.2) is 0 Å². The molecule has 0 nitrogen and oxygen atoms in total. The predicted molar refractivity (Wildman–Crippen MR) is 206 cm³/mol. The minimum atomic E-state index is 1.20. The van der Waals surface area contributed by atoms with Crippen LogP contribution in [0.2, 0.25) is 0 Å². The standard InChI is InChI=1S/C48H32/c1-3-14-33(15-4-1)37-20-13-21-38(30-37)39-28-29-41(40-27-26-34-16-7-8-19-36(34)31-40)46(32-39)48-44-24-11-9-22-42(44)47(35-17-5-2-6-18-35)43-23-10-12-25-45(43)48/h1-32H. The molecular weight excluding hydrogens is 577 g/mol. The molecule has 224 valence electrons. The highest BCUT2D eigenvalue weighted by atomic mass is 14.2. The van der Waals surface area contributed by atoms with Gasteiger partial charge >= 0.3 is 0 Å². The monoisotopic (exact) mass is 608 g/mol. The van der Waals surface area contributed by atoms with Gasteiger partial charge in [-0.05, 0) is 106 Å². The van der Waals surface area contributed by atoms with Crippen molar-refractivity contribution in [2.24, 2.45) is 0 Å². The van der Waals surface area contributed by atoms with Crippen LogP contribution >= 0.6 is 0 Å². The molecule has 0 atom stereocenters. The average Bonchev–Trinajstić information content (AvgIpc) is 3.17. The first-order chi connectivity index (χ1) is 23.8. The molecule has 9 aromatic carbocycles. The highest BCUT2D eigenvalue weighted by Crippen LogP contribution is 2.47. The fourth-order valence-corrected chi connectivity index (χ4v) is 7.38. The molecule has 0 bridgehead atoms. The molecule has 0 spiro atoms. The zero-order valence-electron chi connectivity index (χ0n) is 26.5. The maximum absolute atomic E-state index is 2.42. The summed E-state index contributed by atoms with van der Waals surface area (Å²) in [5.41, 5.74) is 12.3. The lowest BCUT2D eigenvalue weighted by Gasteiger charge is -2.21. The molecule has 0 heterocycles. The van der Waals surface area contributed by atoms with Crippen molar-refractivity contribution >= 4 is 32.3 Å². The van der Waals surface area contributed by atoms with Crippen LogP contribution in [0.1, 0.15) is 0 Å². The summed E-state index contributed by atoms with van der Waals surface area (Å²) < 4.78 is 0. The van der Waals surface area contributed by atoms with Gasteiger partial charge in [-0.25, -0.2) is 0 Å². The van der Waals surface area contributed by atoms with Gasteiger partial charge in [0.2, 0.25) is 0 Å². The molecule has 48 heavy (non-hydrogen) atoms.